The molecule has 2 aliphatic rings. The number of β-amino-alcohol motifs (C(OH)–C–C–N with tert-alkyl or cyclic N) is 1. The van der Waals surface area contributed by atoms with Crippen LogP contribution in [0.2, 0.25) is 0 Å². The lowest BCUT2D eigenvalue weighted by molar-refractivity contribution is -0.141. The lowest BCUT2D eigenvalue weighted by Gasteiger charge is -2.37. The lowest BCUT2D eigenvalue weighted by atomic mass is 9.80. The van der Waals surface area contributed by atoms with E-state index in [9.17, 15) is 9.90 Å². The Morgan fingerprint density at radius 2 is 1.89 bits per heavy atom. The number of hydrogen-bond acceptors (Lipinski definition) is 2. The van der Waals surface area contributed by atoms with Crippen LogP contribution >= 0.6 is 0 Å². The van der Waals surface area contributed by atoms with Crippen LogP contribution in [-0.2, 0) is 4.79 Å². The molecule has 1 saturated heterocycles. The molecule has 2 fully saturated rings. The predicted molar refractivity (Wildman–Crippen MR) is 72.1 cm³/mol. The molecule has 1 heterocycles. The smallest absolute Gasteiger partial charge is 0.225 e. The lowest BCUT2D eigenvalue weighted by Crippen LogP contribution is -2.48. The number of amides is 1. The number of aliphatic hydroxyl groups is 1. The second-order valence-corrected chi connectivity index (χ2v) is 6.24. The third-order valence-electron chi connectivity index (χ3n) is 5.00. The topological polar surface area (TPSA) is 40.5 Å². The van der Waals surface area contributed by atoms with Crippen molar-refractivity contribution in [3.63, 3.8) is 0 Å². The first-order chi connectivity index (χ1) is 8.61. The molecule has 0 aromatic heterocycles. The molecule has 1 aliphatic carbocycles. The van der Waals surface area contributed by atoms with Gasteiger partial charge in [-0.25, -0.2) is 0 Å². The summed E-state index contributed by atoms with van der Waals surface area (Å²) in [6.07, 6.45) is 6.39. The first-order valence-electron chi connectivity index (χ1n) is 7.58. The average molecular weight is 253 g/mol. The summed E-state index contributed by atoms with van der Waals surface area (Å²) in [6, 6.07) is 0. The van der Waals surface area contributed by atoms with Gasteiger partial charge in [0.1, 0.15) is 0 Å². The van der Waals surface area contributed by atoms with Crippen molar-refractivity contribution in [2.45, 2.75) is 58.5 Å². The Balaban J connectivity index is 1.84. The van der Waals surface area contributed by atoms with Gasteiger partial charge in [-0.1, -0.05) is 20.3 Å². The SMILES string of the molecule is CCC1CCC(C(=O)N2CCC(C)C(O)C2)CC1. The van der Waals surface area contributed by atoms with E-state index in [1.807, 2.05) is 4.90 Å². The van der Waals surface area contributed by atoms with Crippen LogP contribution in [0.1, 0.15) is 52.4 Å². The number of likely N-dealkylation sites (tertiary alicyclic amines) is 1. The van der Waals surface area contributed by atoms with Gasteiger partial charge in [0.05, 0.1) is 6.10 Å². The highest BCUT2D eigenvalue weighted by Crippen LogP contribution is 2.32. The normalized spacial score (nSPS) is 37.6. The Morgan fingerprint density at radius 3 is 2.44 bits per heavy atom. The molecule has 1 N–H and O–H groups in total. The molecule has 3 heteroatoms. The molecule has 1 saturated carbocycles. The van der Waals surface area contributed by atoms with E-state index >= 15 is 0 Å². The van der Waals surface area contributed by atoms with Crippen LogP contribution in [-0.4, -0.2) is 35.1 Å². The fourth-order valence-electron chi connectivity index (χ4n) is 3.32. The summed E-state index contributed by atoms with van der Waals surface area (Å²) in [6.45, 7) is 5.70. The zero-order valence-electron chi connectivity index (χ0n) is 11.8. The molecule has 104 valence electrons. The second kappa shape index (κ2) is 6.05. The van der Waals surface area contributed by atoms with E-state index in [1.165, 1.54) is 19.3 Å². The maximum Gasteiger partial charge on any atom is 0.225 e. The van der Waals surface area contributed by atoms with Gasteiger partial charge in [0, 0.05) is 19.0 Å². The summed E-state index contributed by atoms with van der Waals surface area (Å²) in [7, 11) is 0. The number of carbonyl (C=O) groups excluding carboxylic acids is 1. The van der Waals surface area contributed by atoms with E-state index in [0.29, 0.717) is 18.4 Å². The van der Waals surface area contributed by atoms with Gasteiger partial charge in [-0.15, -0.1) is 0 Å². The number of hydrogen-bond donors (Lipinski definition) is 1. The fraction of sp³-hybridized carbons (Fsp3) is 0.933. The van der Waals surface area contributed by atoms with Crippen molar-refractivity contribution in [2.24, 2.45) is 17.8 Å². The van der Waals surface area contributed by atoms with E-state index in [1.54, 1.807) is 0 Å². The molecule has 3 nitrogen and oxygen atoms in total. The number of rotatable bonds is 2. The van der Waals surface area contributed by atoms with Crippen LogP contribution in [0, 0.1) is 17.8 Å². The Morgan fingerprint density at radius 1 is 1.22 bits per heavy atom. The molecule has 1 aliphatic heterocycles. The van der Waals surface area contributed by atoms with Crippen molar-refractivity contribution in [3.05, 3.63) is 0 Å². The molecule has 2 rings (SSSR count). The van der Waals surface area contributed by atoms with E-state index in [-0.39, 0.29) is 12.0 Å². The molecule has 0 radical (unpaired) electrons. The maximum absolute atomic E-state index is 12.4. The van der Waals surface area contributed by atoms with E-state index in [4.69, 9.17) is 0 Å². The third kappa shape index (κ3) is 3.05. The average Bonchev–Trinajstić information content (AvgIpc) is 2.41. The maximum atomic E-state index is 12.4. The van der Waals surface area contributed by atoms with E-state index in [0.717, 1.165) is 31.7 Å². The Hall–Kier alpha value is -0.570. The van der Waals surface area contributed by atoms with Crippen LogP contribution in [0.15, 0.2) is 0 Å². The highest BCUT2D eigenvalue weighted by molar-refractivity contribution is 5.79. The molecule has 0 spiro atoms. The third-order valence-corrected chi connectivity index (χ3v) is 5.00. The van der Waals surface area contributed by atoms with Gasteiger partial charge in [0.15, 0.2) is 0 Å². The molecule has 0 bridgehead atoms. The minimum atomic E-state index is -0.324. The second-order valence-electron chi connectivity index (χ2n) is 6.24. The summed E-state index contributed by atoms with van der Waals surface area (Å²) < 4.78 is 0. The standard InChI is InChI=1S/C15H27NO2/c1-3-12-4-6-13(7-5-12)15(18)16-9-8-11(2)14(17)10-16/h11-14,17H,3-10H2,1-2H3. The van der Waals surface area contributed by atoms with Crippen molar-refractivity contribution in [2.75, 3.05) is 13.1 Å². The van der Waals surface area contributed by atoms with E-state index < -0.39 is 0 Å². The monoisotopic (exact) mass is 253 g/mol. The first kappa shape index (κ1) is 13.9. The van der Waals surface area contributed by atoms with Gasteiger partial charge >= 0.3 is 0 Å². The Labute approximate surface area is 111 Å². The Bertz CT molecular complexity index is 284. The zero-order valence-corrected chi connectivity index (χ0v) is 11.8. The van der Waals surface area contributed by atoms with Crippen LogP contribution < -0.4 is 0 Å². The van der Waals surface area contributed by atoms with Crippen molar-refractivity contribution < 1.29 is 9.90 Å². The van der Waals surface area contributed by atoms with Gasteiger partial charge in [0.2, 0.25) is 5.91 Å². The van der Waals surface area contributed by atoms with Crippen LogP contribution in [0.5, 0.6) is 0 Å². The molecular weight excluding hydrogens is 226 g/mol. The number of nitrogens with zero attached hydrogens (tertiary/aromatic N) is 1. The highest BCUT2D eigenvalue weighted by Gasteiger charge is 2.33. The largest absolute Gasteiger partial charge is 0.391 e. The van der Waals surface area contributed by atoms with Gasteiger partial charge in [-0.3, -0.25) is 4.79 Å². The quantitative estimate of drug-likeness (QED) is 0.821. The molecular formula is C15H27NO2. The minimum absolute atomic E-state index is 0.230. The highest BCUT2D eigenvalue weighted by atomic mass is 16.3. The number of aliphatic hydroxyl groups excluding tert-OH is 1. The molecule has 0 aromatic carbocycles. The minimum Gasteiger partial charge on any atom is -0.391 e. The van der Waals surface area contributed by atoms with Crippen LogP contribution in [0.3, 0.4) is 0 Å². The molecule has 0 aromatic rings. The predicted octanol–water partition coefficient (Wildman–Crippen LogP) is 2.43. The van der Waals surface area contributed by atoms with Gasteiger partial charge < -0.3 is 10.0 Å². The van der Waals surface area contributed by atoms with E-state index in [2.05, 4.69) is 13.8 Å². The molecule has 18 heavy (non-hydrogen) atoms. The molecule has 2 atom stereocenters. The summed E-state index contributed by atoms with van der Waals surface area (Å²) in [5.41, 5.74) is 0. The van der Waals surface area contributed by atoms with Crippen molar-refractivity contribution in [3.8, 4) is 0 Å². The summed E-state index contributed by atoms with van der Waals surface area (Å²) in [4.78, 5) is 14.3. The Kier molecular flexibility index (Phi) is 4.66. The van der Waals surface area contributed by atoms with Gasteiger partial charge in [-0.05, 0) is 43.9 Å². The fourth-order valence-corrected chi connectivity index (χ4v) is 3.32. The number of piperidine rings is 1. The van der Waals surface area contributed by atoms with Crippen molar-refractivity contribution >= 4 is 5.91 Å². The van der Waals surface area contributed by atoms with Gasteiger partial charge in [0.25, 0.3) is 0 Å². The van der Waals surface area contributed by atoms with Gasteiger partial charge in [-0.2, -0.15) is 0 Å². The van der Waals surface area contributed by atoms with Crippen molar-refractivity contribution in [1.82, 2.24) is 4.90 Å². The summed E-state index contributed by atoms with van der Waals surface area (Å²) in [5, 5.41) is 9.88. The molecule has 1 amide bonds. The van der Waals surface area contributed by atoms with Crippen LogP contribution in [0.4, 0.5) is 0 Å². The summed E-state index contributed by atoms with van der Waals surface area (Å²) in [5.74, 6) is 1.70. The number of carbonyl (C=O) groups is 1. The van der Waals surface area contributed by atoms with Crippen LogP contribution in [0.25, 0.3) is 0 Å². The zero-order chi connectivity index (χ0) is 13.1. The van der Waals surface area contributed by atoms with Crippen molar-refractivity contribution in [1.29, 1.82) is 0 Å². The molecule has 2 unspecified atom stereocenters. The first-order valence-corrected chi connectivity index (χ1v) is 7.58. The summed E-state index contributed by atoms with van der Waals surface area (Å²) >= 11 is 0.